The Balaban J connectivity index is 0.00000243. The summed E-state index contributed by atoms with van der Waals surface area (Å²) < 4.78 is 13.4. The first-order chi connectivity index (χ1) is 12.3. The fourth-order valence-corrected chi connectivity index (χ4v) is 2.59. The summed E-state index contributed by atoms with van der Waals surface area (Å²) in [5.74, 6) is 3.22. The predicted octanol–water partition coefficient (Wildman–Crippen LogP) is 2.31. The molecule has 1 aliphatic heterocycles. The van der Waals surface area contributed by atoms with E-state index in [4.69, 9.17) is 9.47 Å². The smallest absolute Gasteiger partial charge is 0.195 e. The Labute approximate surface area is 170 Å². The molecule has 8 nitrogen and oxygen atoms in total. The minimum Gasteiger partial charge on any atom is -0.490 e. The molecule has 1 aliphatic rings. The molecule has 0 bridgehead atoms. The van der Waals surface area contributed by atoms with Crippen LogP contribution < -0.4 is 20.1 Å². The first-order valence-corrected chi connectivity index (χ1v) is 8.54. The molecule has 26 heavy (non-hydrogen) atoms. The van der Waals surface area contributed by atoms with Crippen molar-refractivity contribution < 1.29 is 9.47 Å². The van der Waals surface area contributed by atoms with Gasteiger partial charge >= 0.3 is 0 Å². The fourth-order valence-electron chi connectivity index (χ4n) is 2.59. The molecule has 0 radical (unpaired) electrons. The Morgan fingerprint density at radius 3 is 2.85 bits per heavy atom. The van der Waals surface area contributed by atoms with Crippen LogP contribution in [0.5, 0.6) is 11.5 Å². The minimum atomic E-state index is 0. The van der Waals surface area contributed by atoms with Crippen LogP contribution in [0.15, 0.2) is 29.5 Å². The highest BCUT2D eigenvalue weighted by Gasteiger charge is 2.11. The second-order valence-corrected chi connectivity index (χ2v) is 5.63. The average Bonchev–Trinajstić information content (AvgIpc) is 2.96. The zero-order valence-corrected chi connectivity index (χ0v) is 17.4. The lowest BCUT2D eigenvalue weighted by Gasteiger charge is -2.14. The van der Waals surface area contributed by atoms with Gasteiger partial charge in [0.25, 0.3) is 0 Å². The molecule has 0 spiro atoms. The molecule has 0 saturated carbocycles. The Kier molecular flexibility index (Phi) is 7.95. The molecule has 1 aromatic heterocycles. The highest BCUT2D eigenvalue weighted by molar-refractivity contribution is 14.0. The third-order valence-electron chi connectivity index (χ3n) is 3.89. The molecule has 3 rings (SSSR count). The number of anilines is 1. The van der Waals surface area contributed by atoms with E-state index < -0.39 is 0 Å². The van der Waals surface area contributed by atoms with Crippen molar-refractivity contribution in [3.63, 3.8) is 0 Å². The van der Waals surface area contributed by atoms with E-state index >= 15 is 0 Å². The highest BCUT2D eigenvalue weighted by Crippen LogP contribution is 2.32. The summed E-state index contributed by atoms with van der Waals surface area (Å²) in [7, 11) is 1.74. The Hall–Kier alpha value is -2.04. The van der Waals surface area contributed by atoms with E-state index in [1.54, 1.807) is 13.4 Å². The quantitative estimate of drug-likeness (QED) is 0.395. The van der Waals surface area contributed by atoms with Gasteiger partial charge in [-0.25, -0.2) is 0 Å². The van der Waals surface area contributed by atoms with Crippen LogP contribution in [0, 0.1) is 0 Å². The van der Waals surface area contributed by atoms with Gasteiger partial charge in [0.05, 0.1) is 13.2 Å². The van der Waals surface area contributed by atoms with Crippen molar-refractivity contribution in [3.05, 3.63) is 30.4 Å². The number of guanidine groups is 1. The summed E-state index contributed by atoms with van der Waals surface area (Å²) in [5.41, 5.74) is 0.899. The van der Waals surface area contributed by atoms with Gasteiger partial charge in [0.1, 0.15) is 12.2 Å². The van der Waals surface area contributed by atoms with Crippen molar-refractivity contribution in [2.24, 2.45) is 4.99 Å². The lowest BCUT2D eigenvalue weighted by Crippen LogP contribution is -2.33. The van der Waals surface area contributed by atoms with E-state index in [-0.39, 0.29) is 24.0 Å². The maximum atomic E-state index is 5.72. The predicted molar refractivity (Wildman–Crippen MR) is 112 cm³/mol. The highest BCUT2D eigenvalue weighted by atomic mass is 127. The largest absolute Gasteiger partial charge is 0.490 e. The number of nitrogens with one attached hydrogen (secondary N) is 2. The normalized spacial score (nSPS) is 13.5. The summed E-state index contributed by atoms with van der Waals surface area (Å²) in [5, 5.41) is 14.6. The number of aromatic nitrogens is 3. The second-order valence-electron chi connectivity index (χ2n) is 5.63. The van der Waals surface area contributed by atoms with Gasteiger partial charge in [-0.05, 0) is 12.1 Å². The van der Waals surface area contributed by atoms with Crippen LogP contribution in [0.4, 0.5) is 5.69 Å². The molecule has 2 aromatic rings. The molecule has 142 valence electrons. The van der Waals surface area contributed by atoms with Crippen molar-refractivity contribution >= 4 is 35.6 Å². The number of aliphatic imine (C=N–C) groups is 1. The van der Waals surface area contributed by atoms with Crippen LogP contribution in [0.25, 0.3) is 0 Å². The molecule has 2 heterocycles. The number of hydrogen-bond donors (Lipinski definition) is 2. The lowest BCUT2D eigenvalue weighted by molar-refractivity contribution is 0.297. The molecule has 0 amide bonds. The first-order valence-electron chi connectivity index (χ1n) is 8.54. The summed E-state index contributed by atoms with van der Waals surface area (Å²) in [6, 6.07) is 5.80. The number of benzene rings is 1. The standard InChI is InChI=1S/C17H24N6O2.HI/c1-3-16-22-20-12-23(16)8-7-19-17(18-2)21-13-5-6-14-15(11-13)25-10-4-9-24-14;/h5-6,11-12H,3-4,7-10H2,1-2H3,(H2,18,19,21);1H. The van der Waals surface area contributed by atoms with E-state index in [1.165, 1.54) is 0 Å². The minimum absolute atomic E-state index is 0. The van der Waals surface area contributed by atoms with Gasteiger partial charge in [-0.1, -0.05) is 6.92 Å². The average molecular weight is 472 g/mol. The van der Waals surface area contributed by atoms with Gasteiger partial charge < -0.3 is 24.7 Å². The SMILES string of the molecule is CCc1nncn1CCNC(=NC)Nc1ccc2c(c1)OCCCO2.I. The Morgan fingerprint density at radius 2 is 2.08 bits per heavy atom. The fraction of sp³-hybridized carbons (Fsp3) is 0.471. The van der Waals surface area contributed by atoms with E-state index in [1.807, 2.05) is 22.8 Å². The van der Waals surface area contributed by atoms with E-state index in [0.717, 1.165) is 48.9 Å². The van der Waals surface area contributed by atoms with Gasteiger partial charge in [0, 0.05) is 44.7 Å². The van der Waals surface area contributed by atoms with Crippen molar-refractivity contribution in [2.75, 3.05) is 32.1 Å². The third-order valence-corrected chi connectivity index (χ3v) is 3.89. The summed E-state index contributed by atoms with van der Waals surface area (Å²) in [6.07, 6.45) is 3.51. The second kappa shape index (κ2) is 10.2. The molecule has 0 saturated heterocycles. The number of ether oxygens (including phenoxy) is 2. The molecular weight excluding hydrogens is 447 g/mol. The molecular formula is C17H25IN6O2. The number of fused-ring (bicyclic) bond motifs is 1. The molecule has 9 heteroatoms. The molecule has 0 fully saturated rings. The van der Waals surface area contributed by atoms with Crippen LogP contribution in [-0.2, 0) is 13.0 Å². The van der Waals surface area contributed by atoms with E-state index in [2.05, 4.69) is 32.7 Å². The number of hydrogen-bond acceptors (Lipinski definition) is 5. The topological polar surface area (TPSA) is 85.6 Å². The zero-order valence-electron chi connectivity index (χ0n) is 15.1. The lowest BCUT2D eigenvalue weighted by atomic mass is 10.3. The van der Waals surface area contributed by atoms with Crippen LogP contribution >= 0.6 is 24.0 Å². The maximum Gasteiger partial charge on any atom is 0.195 e. The first kappa shape index (κ1) is 20.3. The van der Waals surface area contributed by atoms with Gasteiger partial charge in [-0.2, -0.15) is 0 Å². The van der Waals surface area contributed by atoms with Gasteiger partial charge in [0.2, 0.25) is 0 Å². The van der Waals surface area contributed by atoms with Crippen LogP contribution in [-0.4, -0.2) is 47.5 Å². The molecule has 1 aromatic carbocycles. The van der Waals surface area contributed by atoms with Gasteiger partial charge in [-0.3, -0.25) is 4.99 Å². The van der Waals surface area contributed by atoms with Crippen LogP contribution in [0.3, 0.4) is 0 Å². The Morgan fingerprint density at radius 1 is 1.27 bits per heavy atom. The van der Waals surface area contributed by atoms with Gasteiger partial charge in [0.15, 0.2) is 17.5 Å². The molecule has 0 atom stereocenters. The summed E-state index contributed by atoms with van der Waals surface area (Å²) in [6.45, 7) is 4.92. The summed E-state index contributed by atoms with van der Waals surface area (Å²) in [4.78, 5) is 4.26. The molecule has 0 unspecified atom stereocenters. The van der Waals surface area contributed by atoms with Crippen molar-refractivity contribution in [1.82, 2.24) is 20.1 Å². The van der Waals surface area contributed by atoms with Gasteiger partial charge in [-0.15, -0.1) is 34.2 Å². The van der Waals surface area contributed by atoms with E-state index in [9.17, 15) is 0 Å². The molecule has 0 aliphatic carbocycles. The van der Waals surface area contributed by atoms with Crippen LogP contribution in [0.2, 0.25) is 0 Å². The van der Waals surface area contributed by atoms with Crippen molar-refractivity contribution in [3.8, 4) is 11.5 Å². The Bertz CT molecular complexity index is 734. The summed E-state index contributed by atoms with van der Waals surface area (Å²) >= 11 is 0. The van der Waals surface area contributed by atoms with Crippen molar-refractivity contribution in [1.29, 1.82) is 0 Å². The molecule has 2 N–H and O–H groups in total. The van der Waals surface area contributed by atoms with Crippen LogP contribution in [0.1, 0.15) is 19.2 Å². The number of halogens is 1. The van der Waals surface area contributed by atoms with Crippen molar-refractivity contribution in [2.45, 2.75) is 26.3 Å². The monoisotopic (exact) mass is 472 g/mol. The van der Waals surface area contributed by atoms with E-state index in [0.29, 0.717) is 19.2 Å². The number of nitrogens with zero attached hydrogens (tertiary/aromatic N) is 4. The third kappa shape index (κ3) is 5.23. The maximum absolute atomic E-state index is 5.72. The zero-order chi connectivity index (χ0) is 17.5. The number of rotatable bonds is 5. The number of aryl methyl sites for hydroxylation is 1.